The fourth-order valence-corrected chi connectivity index (χ4v) is 1.91. The molecule has 0 bridgehead atoms. The molecule has 0 saturated heterocycles. The second-order valence-electron chi connectivity index (χ2n) is 4.42. The normalized spacial score (nSPS) is 12.5. The maximum Gasteiger partial charge on any atom is 0.321 e. The number of rotatable bonds is 8. The van der Waals surface area contributed by atoms with E-state index in [0.717, 1.165) is 0 Å². The van der Waals surface area contributed by atoms with Gasteiger partial charge in [0.25, 0.3) is 5.91 Å². The Bertz CT molecular complexity index is 530. The lowest BCUT2D eigenvalue weighted by molar-refractivity contribution is -0.237. The molecule has 0 spiro atoms. The molecule has 1 rings (SSSR count). The van der Waals surface area contributed by atoms with Crippen molar-refractivity contribution in [1.29, 1.82) is 0 Å². The molecule has 1 atom stereocenters. The van der Waals surface area contributed by atoms with Crippen molar-refractivity contribution < 1.29 is 28.9 Å². The third kappa shape index (κ3) is 3.94. The SMILES string of the molecule is COc1ccccc1C(NC(=O)C[C@H](N)C(=O)O)(OC)OC. The minimum atomic E-state index is -1.61. The van der Waals surface area contributed by atoms with Crippen molar-refractivity contribution in [3.8, 4) is 5.75 Å². The summed E-state index contributed by atoms with van der Waals surface area (Å²) < 4.78 is 15.8. The highest BCUT2D eigenvalue weighted by Crippen LogP contribution is 2.31. The lowest BCUT2D eigenvalue weighted by atomic mass is 10.1. The summed E-state index contributed by atoms with van der Waals surface area (Å²) in [5, 5.41) is 11.3. The average Bonchev–Trinajstić information content (AvgIpc) is 2.52. The Hall–Kier alpha value is -2.16. The van der Waals surface area contributed by atoms with Crippen LogP contribution in [0.4, 0.5) is 0 Å². The van der Waals surface area contributed by atoms with E-state index in [9.17, 15) is 9.59 Å². The zero-order chi connectivity index (χ0) is 16.8. The Morgan fingerprint density at radius 3 is 2.36 bits per heavy atom. The van der Waals surface area contributed by atoms with Crippen LogP contribution in [0.1, 0.15) is 12.0 Å². The van der Waals surface area contributed by atoms with Crippen molar-refractivity contribution in [2.75, 3.05) is 21.3 Å². The Morgan fingerprint density at radius 2 is 1.86 bits per heavy atom. The summed E-state index contributed by atoms with van der Waals surface area (Å²) >= 11 is 0. The highest BCUT2D eigenvalue weighted by atomic mass is 16.7. The van der Waals surface area contributed by atoms with Crippen LogP contribution in [-0.2, 0) is 25.0 Å². The van der Waals surface area contributed by atoms with Gasteiger partial charge in [0.05, 0.1) is 19.1 Å². The monoisotopic (exact) mass is 312 g/mol. The van der Waals surface area contributed by atoms with Gasteiger partial charge in [-0.25, -0.2) is 0 Å². The third-order valence-electron chi connectivity index (χ3n) is 3.06. The van der Waals surface area contributed by atoms with Gasteiger partial charge in [-0.05, 0) is 12.1 Å². The van der Waals surface area contributed by atoms with Gasteiger partial charge in [0.15, 0.2) is 0 Å². The lowest BCUT2D eigenvalue weighted by Gasteiger charge is -2.32. The molecule has 8 heteroatoms. The van der Waals surface area contributed by atoms with Crippen LogP contribution in [0.25, 0.3) is 0 Å². The van der Waals surface area contributed by atoms with E-state index in [0.29, 0.717) is 11.3 Å². The number of carboxylic acid groups (broad SMARTS) is 1. The molecule has 0 aromatic heterocycles. The molecule has 0 aliphatic rings. The molecule has 0 saturated carbocycles. The van der Waals surface area contributed by atoms with E-state index < -0.39 is 30.3 Å². The number of carbonyl (C=O) groups excluding carboxylic acids is 1. The highest BCUT2D eigenvalue weighted by molar-refractivity contribution is 5.84. The maximum absolute atomic E-state index is 12.0. The number of methoxy groups -OCH3 is 3. The van der Waals surface area contributed by atoms with Crippen molar-refractivity contribution in [3.05, 3.63) is 29.8 Å². The van der Waals surface area contributed by atoms with Gasteiger partial charge < -0.3 is 30.4 Å². The lowest BCUT2D eigenvalue weighted by Crippen LogP contribution is -2.50. The number of nitrogens with two attached hydrogens (primary N) is 1. The minimum Gasteiger partial charge on any atom is -0.496 e. The van der Waals surface area contributed by atoms with Gasteiger partial charge in [-0.3, -0.25) is 9.59 Å². The molecule has 0 unspecified atom stereocenters. The Morgan fingerprint density at radius 1 is 1.27 bits per heavy atom. The van der Waals surface area contributed by atoms with Crippen molar-refractivity contribution in [2.24, 2.45) is 5.73 Å². The van der Waals surface area contributed by atoms with Crippen LogP contribution in [0.2, 0.25) is 0 Å². The molecule has 1 aromatic rings. The quantitative estimate of drug-likeness (QED) is 0.579. The summed E-state index contributed by atoms with van der Waals surface area (Å²) in [4.78, 5) is 22.7. The first kappa shape index (κ1) is 17.9. The number of ether oxygens (including phenoxy) is 3. The van der Waals surface area contributed by atoms with Crippen LogP contribution < -0.4 is 15.8 Å². The average molecular weight is 312 g/mol. The number of hydrogen-bond acceptors (Lipinski definition) is 6. The summed E-state index contributed by atoms with van der Waals surface area (Å²) in [6.45, 7) is 0. The number of carboxylic acids is 1. The minimum absolute atomic E-state index is 0.418. The van der Waals surface area contributed by atoms with E-state index in [1.54, 1.807) is 24.3 Å². The fraction of sp³-hybridized carbons (Fsp3) is 0.429. The number of nitrogens with one attached hydrogen (secondary N) is 1. The summed E-state index contributed by atoms with van der Waals surface area (Å²) in [6.07, 6.45) is -0.418. The molecular weight excluding hydrogens is 292 g/mol. The molecule has 122 valence electrons. The number of carbonyl (C=O) groups is 2. The zero-order valence-electron chi connectivity index (χ0n) is 12.7. The molecule has 8 nitrogen and oxygen atoms in total. The largest absolute Gasteiger partial charge is 0.496 e. The Labute approximate surface area is 128 Å². The third-order valence-corrected chi connectivity index (χ3v) is 3.06. The molecular formula is C14H20N2O6. The molecule has 0 heterocycles. The maximum atomic E-state index is 12.0. The van der Waals surface area contributed by atoms with E-state index in [1.165, 1.54) is 21.3 Å². The van der Waals surface area contributed by atoms with Gasteiger partial charge in [-0.1, -0.05) is 12.1 Å². The van der Waals surface area contributed by atoms with Gasteiger partial charge in [0.2, 0.25) is 5.91 Å². The van der Waals surface area contributed by atoms with Gasteiger partial charge in [0.1, 0.15) is 11.8 Å². The second kappa shape index (κ2) is 7.74. The zero-order valence-corrected chi connectivity index (χ0v) is 12.7. The highest BCUT2D eigenvalue weighted by Gasteiger charge is 2.37. The molecule has 0 aliphatic heterocycles. The molecule has 1 amide bonds. The van der Waals surface area contributed by atoms with Crippen LogP contribution in [-0.4, -0.2) is 44.4 Å². The van der Waals surface area contributed by atoms with Crippen molar-refractivity contribution >= 4 is 11.9 Å². The van der Waals surface area contributed by atoms with Crippen LogP contribution in [0, 0.1) is 0 Å². The van der Waals surface area contributed by atoms with Crippen molar-refractivity contribution in [2.45, 2.75) is 18.4 Å². The van der Waals surface area contributed by atoms with Crippen molar-refractivity contribution in [1.82, 2.24) is 5.32 Å². The van der Waals surface area contributed by atoms with Crippen molar-refractivity contribution in [3.63, 3.8) is 0 Å². The van der Waals surface area contributed by atoms with E-state index in [4.69, 9.17) is 25.1 Å². The van der Waals surface area contributed by atoms with Gasteiger partial charge >= 0.3 is 5.97 Å². The van der Waals surface area contributed by atoms with Crippen LogP contribution in [0.15, 0.2) is 24.3 Å². The van der Waals surface area contributed by atoms with E-state index in [2.05, 4.69) is 5.32 Å². The summed E-state index contributed by atoms with van der Waals surface area (Å²) in [7, 11) is 4.15. The predicted molar refractivity (Wildman–Crippen MR) is 77.1 cm³/mol. The topological polar surface area (TPSA) is 120 Å². The first-order valence-electron chi connectivity index (χ1n) is 6.43. The first-order valence-corrected chi connectivity index (χ1v) is 6.43. The molecule has 0 fully saturated rings. The predicted octanol–water partition coefficient (Wildman–Crippen LogP) is 0.0165. The molecule has 0 aliphatic carbocycles. The second-order valence-corrected chi connectivity index (χ2v) is 4.42. The molecule has 22 heavy (non-hydrogen) atoms. The standard InChI is InChI=1S/C14H20N2O6/c1-20-11-7-5-4-6-9(11)14(21-2,22-3)16-12(17)8-10(15)13(18)19/h4-7,10H,8,15H2,1-3H3,(H,16,17)(H,18,19)/t10-/m0/s1. The van der Waals surface area contributed by atoms with Crippen LogP contribution >= 0.6 is 0 Å². The molecule has 0 radical (unpaired) electrons. The Balaban J connectivity index is 3.06. The van der Waals surface area contributed by atoms with Gasteiger partial charge in [-0.15, -0.1) is 0 Å². The summed E-state index contributed by atoms with van der Waals surface area (Å²) in [6, 6.07) is 5.49. The summed E-state index contributed by atoms with van der Waals surface area (Å²) in [5.41, 5.74) is 5.78. The van der Waals surface area contributed by atoms with Gasteiger partial charge in [-0.2, -0.15) is 0 Å². The van der Waals surface area contributed by atoms with Crippen LogP contribution in [0.5, 0.6) is 5.75 Å². The number of amides is 1. The van der Waals surface area contributed by atoms with Gasteiger partial charge in [0, 0.05) is 14.2 Å². The Kier molecular flexibility index (Phi) is 6.29. The smallest absolute Gasteiger partial charge is 0.321 e. The van der Waals surface area contributed by atoms with Crippen LogP contribution in [0.3, 0.4) is 0 Å². The fourth-order valence-electron chi connectivity index (χ4n) is 1.91. The molecule has 1 aromatic carbocycles. The molecule has 4 N–H and O–H groups in total. The van der Waals surface area contributed by atoms with E-state index >= 15 is 0 Å². The van der Waals surface area contributed by atoms with E-state index in [1.807, 2.05) is 0 Å². The number of aliphatic carboxylic acids is 1. The number of benzene rings is 1. The number of para-hydroxylation sites is 1. The number of hydrogen-bond donors (Lipinski definition) is 3. The summed E-state index contributed by atoms with van der Waals surface area (Å²) in [5.74, 6) is -3.08. The van der Waals surface area contributed by atoms with E-state index in [-0.39, 0.29) is 0 Å². The first-order chi connectivity index (χ1) is 10.4.